The monoisotopic (exact) mass is 327 g/mol. The lowest BCUT2D eigenvalue weighted by molar-refractivity contribution is 0.0345. The van der Waals surface area contributed by atoms with Crippen molar-refractivity contribution in [3.8, 4) is 0 Å². The molecule has 2 unspecified atom stereocenters. The number of aliphatic hydroxyl groups excluding tert-OH is 1. The van der Waals surface area contributed by atoms with Crippen molar-refractivity contribution < 1.29 is 9.84 Å². The van der Waals surface area contributed by atoms with E-state index >= 15 is 0 Å². The van der Waals surface area contributed by atoms with Crippen LogP contribution in [0.4, 0.5) is 0 Å². The number of aliphatic hydroxyl groups is 1. The maximum Gasteiger partial charge on any atom is 0.191 e. The first-order chi connectivity index (χ1) is 11.2. The number of guanidine groups is 1. The Morgan fingerprint density at radius 3 is 2.65 bits per heavy atom. The van der Waals surface area contributed by atoms with Crippen LogP contribution >= 0.6 is 0 Å². The summed E-state index contributed by atoms with van der Waals surface area (Å²) in [6.45, 7) is 9.86. The molecule has 0 saturated heterocycles. The summed E-state index contributed by atoms with van der Waals surface area (Å²) >= 11 is 0. The minimum absolute atomic E-state index is 0.400. The molecule has 1 rings (SSSR count). The smallest absolute Gasteiger partial charge is 0.191 e. The fourth-order valence-corrected chi connectivity index (χ4v) is 2.41. The highest BCUT2D eigenvalue weighted by Crippen LogP contribution is 2.28. The van der Waals surface area contributed by atoms with Crippen molar-refractivity contribution in [1.82, 2.24) is 10.6 Å². The largest absolute Gasteiger partial charge is 0.389 e. The van der Waals surface area contributed by atoms with Crippen molar-refractivity contribution in [2.24, 2.45) is 16.8 Å². The minimum atomic E-state index is -0.486. The number of hydrogen-bond acceptors (Lipinski definition) is 3. The third kappa shape index (κ3) is 10.6. The van der Waals surface area contributed by atoms with Gasteiger partial charge in [0, 0.05) is 26.2 Å². The van der Waals surface area contributed by atoms with Crippen LogP contribution in [0.15, 0.2) is 4.99 Å². The van der Waals surface area contributed by atoms with Crippen molar-refractivity contribution in [3.05, 3.63) is 0 Å². The second-order valence-electron chi connectivity index (χ2n) is 6.65. The highest BCUT2D eigenvalue weighted by atomic mass is 16.5. The summed E-state index contributed by atoms with van der Waals surface area (Å²) in [6, 6.07) is 0. The number of aliphatic imine (C=N–C) groups is 1. The molecular weight excluding hydrogens is 290 g/mol. The van der Waals surface area contributed by atoms with Crippen molar-refractivity contribution in [2.75, 3.05) is 32.8 Å². The number of nitrogens with one attached hydrogen (secondary N) is 2. The number of nitrogens with zero attached hydrogens (tertiary/aromatic N) is 1. The lowest BCUT2D eigenvalue weighted by atomic mass is 10.00. The SMILES string of the molecule is CCCCC(CC)CN=C(NCC)NCC(O)COCC1CC1. The van der Waals surface area contributed by atoms with Crippen LogP contribution in [-0.4, -0.2) is 50.0 Å². The fraction of sp³-hybridized carbons (Fsp3) is 0.944. The molecule has 2 atom stereocenters. The summed E-state index contributed by atoms with van der Waals surface area (Å²) in [5.41, 5.74) is 0. The molecule has 0 aliphatic heterocycles. The number of hydrogen-bond donors (Lipinski definition) is 3. The topological polar surface area (TPSA) is 65.9 Å². The molecule has 1 saturated carbocycles. The van der Waals surface area contributed by atoms with Crippen molar-refractivity contribution >= 4 is 5.96 Å². The van der Waals surface area contributed by atoms with Crippen LogP contribution in [0, 0.1) is 11.8 Å². The molecule has 23 heavy (non-hydrogen) atoms. The third-order valence-corrected chi connectivity index (χ3v) is 4.26. The summed E-state index contributed by atoms with van der Waals surface area (Å²) in [7, 11) is 0. The second-order valence-corrected chi connectivity index (χ2v) is 6.65. The van der Waals surface area contributed by atoms with Crippen molar-refractivity contribution in [1.29, 1.82) is 0 Å². The molecule has 0 aromatic heterocycles. The molecule has 136 valence electrons. The van der Waals surface area contributed by atoms with Crippen molar-refractivity contribution in [3.63, 3.8) is 0 Å². The first kappa shape index (κ1) is 20.2. The molecule has 0 spiro atoms. The van der Waals surface area contributed by atoms with Crippen LogP contribution in [0.2, 0.25) is 0 Å². The van der Waals surface area contributed by atoms with E-state index in [2.05, 4.69) is 36.4 Å². The van der Waals surface area contributed by atoms with Gasteiger partial charge in [-0.1, -0.05) is 33.1 Å². The quantitative estimate of drug-likeness (QED) is 0.359. The highest BCUT2D eigenvalue weighted by Gasteiger charge is 2.21. The Balaban J connectivity index is 2.25. The Kier molecular flexibility index (Phi) is 11.1. The van der Waals surface area contributed by atoms with Gasteiger partial charge in [-0.05, 0) is 38.0 Å². The summed E-state index contributed by atoms with van der Waals surface area (Å²) in [5, 5.41) is 16.4. The number of ether oxygens (including phenoxy) is 1. The van der Waals surface area contributed by atoms with Crippen LogP contribution in [0.25, 0.3) is 0 Å². The number of rotatable bonds is 13. The zero-order valence-electron chi connectivity index (χ0n) is 15.3. The fourth-order valence-electron chi connectivity index (χ4n) is 2.41. The van der Waals surface area contributed by atoms with Gasteiger partial charge in [-0.2, -0.15) is 0 Å². The van der Waals surface area contributed by atoms with Crippen LogP contribution in [0.5, 0.6) is 0 Å². The molecule has 0 amide bonds. The molecule has 3 N–H and O–H groups in total. The Hall–Kier alpha value is -0.810. The van der Waals surface area contributed by atoms with Gasteiger partial charge >= 0.3 is 0 Å². The predicted octanol–water partition coefficient (Wildman–Crippen LogP) is 2.55. The zero-order valence-corrected chi connectivity index (χ0v) is 15.3. The van der Waals surface area contributed by atoms with Gasteiger partial charge < -0.3 is 20.5 Å². The van der Waals surface area contributed by atoms with Gasteiger partial charge in [-0.25, -0.2) is 0 Å². The maximum atomic E-state index is 9.97. The normalized spacial score (nSPS) is 17.8. The van der Waals surface area contributed by atoms with Gasteiger partial charge in [0.25, 0.3) is 0 Å². The first-order valence-electron chi connectivity index (χ1n) is 9.47. The predicted molar refractivity (Wildman–Crippen MR) is 96.8 cm³/mol. The molecule has 1 aliphatic rings. The van der Waals surface area contributed by atoms with Gasteiger partial charge in [0.1, 0.15) is 0 Å². The summed E-state index contributed by atoms with van der Waals surface area (Å²) in [5.74, 6) is 2.18. The Labute approximate surface area is 142 Å². The molecule has 1 aliphatic carbocycles. The van der Waals surface area contributed by atoms with E-state index < -0.39 is 6.10 Å². The van der Waals surface area contributed by atoms with Crippen molar-refractivity contribution in [2.45, 2.75) is 65.4 Å². The Morgan fingerprint density at radius 1 is 1.26 bits per heavy atom. The lowest BCUT2D eigenvalue weighted by Gasteiger charge is -2.17. The standard InChI is InChI=1S/C18H37N3O2/c1-4-7-8-15(5-2)11-20-18(19-6-3)21-12-17(22)14-23-13-16-9-10-16/h15-17,22H,4-14H2,1-3H3,(H2,19,20,21). The molecule has 0 radical (unpaired) electrons. The van der Waals surface area contributed by atoms with E-state index in [-0.39, 0.29) is 0 Å². The molecular formula is C18H37N3O2. The third-order valence-electron chi connectivity index (χ3n) is 4.26. The molecule has 5 nitrogen and oxygen atoms in total. The molecule has 5 heteroatoms. The molecule has 1 fully saturated rings. The zero-order chi connectivity index (χ0) is 16.9. The number of unbranched alkanes of at least 4 members (excludes halogenated alkanes) is 1. The average Bonchev–Trinajstić information content (AvgIpc) is 3.36. The van der Waals surface area contributed by atoms with Gasteiger partial charge in [-0.3, -0.25) is 4.99 Å². The summed E-state index contributed by atoms with van der Waals surface area (Å²) in [6.07, 6.45) is 7.00. The Morgan fingerprint density at radius 2 is 2.04 bits per heavy atom. The van der Waals surface area contributed by atoms with E-state index in [9.17, 15) is 5.11 Å². The van der Waals surface area contributed by atoms with Gasteiger partial charge in [0.15, 0.2) is 5.96 Å². The van der Waals surface area contributed by atoms with E-state index in [1.54, 1.807) is 0 Å². The molecule has 0 bridgehead atoms. The summed E-state index contributed by atoms with van der Waals surface area (Å²) in [4.78, 5) is 4.67. The van der Waals surface area contributed by atoms with Crippen LogP contribution in [0.3, 0.4) is 0 Å². The Bertz CT molecular complexity index is 319. The maximum absolute atomic E-state index is 9.97. The van der Waals surface area contributed by atoms with Gasteiger partial charge in [0.05, 0.1) is 12.7 Å². The van der Waals surface area contributed by atoms with Gasteiger partial charge in [-0.15, -0.1) is 0 Å². The average molecular weight is 328 g/mol. The molecule has 0 aromatic carbocycles. The van der Waals surface area contributed by atoms with E-state index in [0.717, 1.165) is 31.6 Å². The van der Waals surface area contributed by atoms with Crippen LogP contribution in [0.1, 0.15) is 59.3 Å². The van der Waals surface area contributed by atoms with Crippen LogP contribution in [-0.2, 0) is 4.74 Å². The van der Waals surface area contributed by atoms with E-state index in [4.69, 9.17) is 4.74 Å². The van der Waals surface area contributed by atoms with E-state index in [0.29, 0.717) is 19.1 Å². The van der Waals surface area contributed by atoms with Crippen LogP contribution < -0.4 is 10.6 Å². The second kappa shape index (κ2) is 12.6. The molecule has 0 aromatic rings. The first-order valence-corrected chi connectivity index (χ1v) is 9.47. The van der Waals surface area contributed by atoms with Gasteiger partial charge in [0.2, 0.25) is 0 Å². The molecule has 0 heterocycles. The van der Waals surface area contributed by atoms with E-state index in [1.807, 2.05) is 0 Å². The summed E-state index contributed by atoms with van der Waals surface area (Å²) < 4.78 is 5.52. The highest BCUT2D eigenvalue weighted by molar-refractivity contribution is 5.79. The van der Waals surface area contributed by atoms with E-state index in [1.165, 1.54) is 38.5 Å². The minimum Gasteiger partial charge on any atom is -0.389 e. The lowest BCUT2D eigenvalue weighted by Crippen LogP contribution is -2.42.